The fourth-order valence-corrected chi connectivity index (χ4v) is 1.54. The molecule has 2 heterocycles. The van der Waals surface area contributed by atoms with Crippen molar-refractivity contribution in [3.8, 4) is 0 Å². The van der Waals surface area contributed by atoms with Crippen molar-refractivity contribution in [1.29, 1.82) is 0 Å². The number of hydrogen-bond donors (Lipinski definition) is 0. The van der Waals surface area contributed by atoms with Gasteiger partial charge in [-0.15, -0.1) is 0 Å². The number of aryl methyl sites for hydroxylation is 1. The summed E-state index contributed by atoms with van der Waals surface area (Å²) in [6.07, 6.45) is 3.43. The van der Waals surface area contributed by atoms with Gasteiger partial charge in [-0.05, 0) is 26.0 Å². The van der Waals surface area contributed by atoms with Crippen LogP contribution in [0.5, 0.6) is 0 Å². The summed E-state index contributed by atoms with van der Waals surface area (Å²) in [5.41, 5.74) is 2.99. The third-order valence-corrected chi connectivity index (χ3v) is 2.57. The summed E-state index contributed by atoms with van der Waals surface area (Å²) in [5.74, 6) is 0. The van der Waals surface area contributed by atoms with Gasteiger partial charge in [0.15, 0.2) is 0 Å². The largest absolute Gasteiger partial charge is 0.269 e. The minimum Gasteiger partial charge on any atom is -0.269 e. The normalized spacial score (nSPS) is 10.5. The number of hydrogen-bond acceptors (Lipinski definition) is 2. The molecule has 3 heteroatoms. The topological polar surface area (TPSA) is 34.4 Å². The van der Waals surface area contributed by atoms with Gasteiger partial charge in [-0.1, -0.05) is 12.7 Å². The van der Waals surface area contributed by atoms with E-state index in [1.54, 1.807) is 23.6 Å². The first-order chi connectivity index (χ1) is 7.15. The summed E-state index contributed by atoms with van der Waals surface area (Å²) in [5, 5.41) is 0. The Morgan fingerprint density at radius 2 is 2.20 bits per heavy atom. The predicted molar refractivity (Wildman–Crippen MR) is 61.0 cm³/mol. The lowest BCUT2D eigenvalue weighted by molar-refractivity contribution is 0.982. The molecule has 0 N–H and O–H groups in total. The average molecular weight is 200 g/mol. The fourth-order valence-electron chi connectivity index (χ4n) is 1.54. The Morgan fingerprint density at radius 1 is 1.47 bits per heavy atom. The van der Waals surface area contributed by atoms with Gasteiger partial charge in [-0.25, -0.2) is 4.98 Å². The predicted octanol–water partition coefficient (Wildman–Crippen LogP) is 1.95. The Balaban J connectivity index is 3.04. The van der Waals surface area contributed by atoms with E-state index in [4.69, 9.17) is 0 Å². The Labute approximate surface area is 87.7 Å². The Morgan fingerprint density at radius 3 is 2.87 bits per heavy atom. The van der Waals surface area contributed by atoms with E-state index in [0.717, 1.165) is 11.3 Å². The number of rotatable bonds is 1. The summed E-state index contributed by atoms with van der Waals surface area (Å²) < 4.78 is 1.55. The van der Waals surface area contributed by atoms with Gasteiger partial charge in [0.25, 0.3) is 5.56 Å². The van der Waals surface area contributed by atoms with Gasteiger partial charge in [0, 0.05) is 23.0 Å². The molecular formula is C12H12N2O. The maximum atomic E-state index is 11.9. The molecular weight excluding hydrogens is 188 g/mol. The van der Waals surface area contributed by atoms with Crippen molar-refractivity contribution in [1.82, 2.24) is 9.38 Å². The molecule has 0 amide bonds. The van der Waals surface area contributed by atoms with Crippen molar-refractivity contribution in [2.75, 3.05) is 0 Å². The van der Waals surface area contributed by atoms with Crippen molar-refractivity contribution in [3.05, 3.63) is 52.1 Å². The summed E-state index contributed by atoms with van der Waals surface area (Å²) in [6.45, 7) is 7.34. The monoisotopic (exact) mass is 200 g/mol. The van der Waals surface area contributed by atoms with Crippen molar-refractivity contribution < 1.29 is 0 Å². The van der Waals surface area contributed by atoms with Crippen molar-refractivity contribution in [3.63, 3.8) is 0 Å². The molecule has 0 aliphatic heterocycles. The zero-order chi connectivity index (χ0) is 11.0. The second kappa shape index (κ2) is 3.35. The second-order valence-corrected chi connectivity index (χ2v) is 3.49. The third-order valence-electron chi connectivity index (χ3n) is 2.57. The minimum absolute atomic E-state index is 0.0128. The van der Waals surface area contributed by atoms with Crippen LogP contribution in [0.25, 0.3) is 11.7 Å². The number of fused-ring (bicyclic) bond motifs is 1. The van der Waals surface area contributed by atoms with E-state index in [2.05, 4.69) is 11.6 Å². The van der Waals surface area contributed by atoms with E-state index < -0.39 is 0 Å². The zero-order valence-corrected chi connectivity index (χ0v) is 8.82. The highest BCUT2D eigenvalue weighted by Gasteiger charge is 2.06. The van der Waals surface area contributed by atoms with Gasteiger partial charge in [0.2, 0.25) is 0 Å². The first-order valence-electron chi connectivity index (χ1n) is 4.76. The summed E-state index contributed by atoms with van der Waals surface area (Å²) >= 11 is 0. The Bertz CT molecular complexity index is 596. The molecule has 0 atom stereocenters. The molecule has 0 unspecified atom stereocenters. The summed E-state index contributed by atoms with van der Waals surface area (Å²) in [7, 11) is 0. The Hall–Kier alpha value is -1.90. The van der Waals surface area contributed by atoms with E-state index in [-0.39, 0.29) is 5.56 Å². The van der Waals surface area contributed by atoms with Crippen LogP contribution in [-0.2, 0) is 0 Å². The van der Waals surface area contributed by atoms with E-state index >= 15 is 0 Å². The molecule has 0 aliphatic carbocycles. The maximum Gasteiger partial charge on any atom is 0.261 e. The molecule has 0 fully saturated rings. The van der Waals surface area contributed by atoms with Crippen LogP contribution in [0.2, 0.25) is 0 Å². The molecule has 0 aliphatic rings. The van der Waals surface area contributed by atoms with Crippen LogP contribution in [0, 0.1) is 13.8 Å². The van der Waals surface area contributed by atoms with E-state index in [1.165, 1.54) is 0 Å². The Kier molecular flexibility index (Phi) is 2.15. The average Bonchev–Trinajstić information content (AvgIpc) is 2.25. The molecule has 2 aromatic heterocycles. The molecule has 0 aromatic carbocycles. The molecule has 3 nitrogen and oxygen atoms in total. The highest BCUT2D eigenvalue weighted by molar-refractivity contribution is 5.64. The molecule has 15 heavy (non-hydrogen) atoms. The molecule has 2 rings (SSSR count). The molecule has 76 valence electrons. The summed E-state index contributed by atoms with van der Waals surface area (Å²) in [4.78, 5) is 16.3. The minimum atomic E-state index is -0.0128. The smallest absolute Gasteiger partial charge is 0.261 e. The molecule has 0 radical (unpaired) electrons. The quantitative estimate of drug-likeness (QED) is 0.705. The van der Waals surface area contributed by atoms with Crippen molar-refractivity contribution in [2.24, 2.45) is 0 Å². The number of aromatic nitrogens is 2. The third kappa shape index (κ3) is 1.36. The first-order valence-corrected chi connectivity index (χ1v) is 4.76. The van der Waals surface area contributed by atoms with Crippen LogP contribution in [0.3, 0.4) is 0 Å². The lowest BCUT2D eigenvalue weighted by atomic mass is 10.2. The summed E-state index contributed by atoms with van der Waals surface area (Å²) in [6, 6.07) is 3.71. The van der Waals surface area contributed by atoms with Gasteiger partial charge < -0.3 is 0 Å². The lowest BCUT2D eigenvalue weighted by Gasteiger charge is -2.06. The zero-order valence-electron chi connectivity index (χ0n) is 8.82. The van der Waals surface area contributed by atoms with Crippen LogP contribution in [0.4, 0.5) is 0 Å². The van der Waals surface area contributed by atoms with Crippen LogP contribution in [0.1, 0.15) is 16.8 Å². The van der Waals surface area contributed by atoms with Crippen LogP contribution in [-0.4, -0.2) is 9.38 Å². The maximum absolute atomic E-state index is 11.9. The van der Waals surface area contributed by atoms with E-state index in [0.29, 0.717) is 11.2 Å². The first kappa shape index (κ1) is 9.65. The standard InChI is InChI=1S/C12H12N2O/c1-4-10-6-5-7-14-11(10)13-9(3)8(2)12(14)15/h4-7H,1H2,2-3H3. The second-order valence-electron chi connectivity index (χ2n) is 3.49. The van der Waals surface area contributed by atoms with Gasteiger partial charge in [0.05, 0.1) is 0 Å². The van der Waals surface area contributed by atoms with Gasteiger partial charge >= 0.3 is 0 Å². The SMILES string of the molecule is C=Cc1cccn2c(=O)c(C)c(C)nc12. The molecule has 2 aromatic rings. The molecule has 0 saturated carbocycles. The van der Waals surface area contributed by atoms with E-state index in [1.807, 2.05) is 19.1 Å². The molecule has 0 spiro atoms. The molecule has 0 saturated heterocycles. The van der Waals surface area contributed by atoms with Gasteiger partial charge in [-0.2, -0.15) is 0 Å². The lowest BCUT2D eigenvalue weighted by Crippen LogP contribution is -2.19. The molecule has 0 bridgehead atoms. The van der Waals surface area contributed by atoms with Crippen molar-refractivity contribution in [2.45, 2.75) is 13.8 Å². The van der Waals surface area contributed by atoms with Crippen molar-refractivity contribution >= 4 is 11.7 Å². The van der Waals surface area contributed by atoms with Crippen LogP contribution < -0.4 is 5.56 Å². The van der Waals surface area contributed by atoms with Crippen LogP contribution in [0.15, 0.2) is 29.7 Å². The fraction of sp³-hybridized carbons (Fsp3) is 0.167. The highest BCUT2D eigenvalue weighted by atomic mass is 16.1. The van der Waals surface area contributed by atoms with E-state index in [9.17, 15) is 4.79 Å². The van der Waals surface area contributed by atoms with Gasteiger partial charge in [0.1, 0.15) is 5.65 Å². The van der Waals surface area contributed by atoms with Gasteiger partial charge in [-0.3, -0.25) is 9.20 Å². The van der Waals surface area contributed by atoms with Crippen LogP contribution >= 0.6 is 0 Å². The highest BCUT2D eigenvalue weighted by Crippen LogP contribution is 2.09. The number of nitrogens with zero attached hydrogens (tertiary/aromatic N) is 2. The number of pyridine rings is 1.